The number of aromatic hydroxyl groups is 1. The van der Waals surface area contributed by atoms with Crippen LogP contribution in [0.25, 0.3) is 0 Å². The van der Waals surface area contributed by atoms with Gasteiger partial charge in [0.15, 0.2) is 5.69 Å². The topological polar surface area (TPSA) is 82.5 Å². The minimum Gasteiger partial charge on any atom is -0.508 e. The van der Waals surface area contributed by atoms with E-state index in [1.54, 1.807) is 18.2 Å². The molecule has 2 amide bonds. The predicted molar refractivity (Wildman–Crippen MR) is 136 cm³/mol. The number of halogens is 2. The van der Waals surface area contributed by atoms with E-state index in [2.05, 4.69) is 9.69 Å². The monoisotopic (exact) mass is 517 g/mol. The van der Waals surface area contributed by atoms with E-state index in [1.807, 2.05) is 25.1 Å². The highest BCUT2D eigenvalue weighted by Crippen LogP contribution is 2.36. The van der Waals surface area contributed by atoms with E-state index < -0.39 is 11.9 Å². The van der Waals surface area contributed by atoms with Crippen LogP contribution in [0, 0.1) is 6.92 Å². The minimum absolute atomic E-state index is 0.00540. The Kier molecular flexibility index (Phi) is 7.76. The summed E-state index contributed by atoms with van der Waals surface area (Å²) in [6.07, 6.45) is 5.08. The molecule has 1 aliphatic carbocycles. The van der Waals surface area contributed by atoms with E-state index in [9.17, 15) is 14.7 Å². The summed E-state index contributed by atoms with van der Waals surface area (Å²) in [5.41, 5.74) is 1.92. The summed E-state index contributed by atoms with van der Waals surface area (Å²) in [5.74, 6) is -0.760. The first-order valence-corrected chi connectivity index (χ1v) is 12.7. The van der Waals surface area contributed by atoms with Crippen LogP contribution in [0.2, 0.25) is 9.36 Å². The molecule has 3 aromatic rings. The van der Waals surface area contributed by atoms with Crippen molar-refractivity contribution in [3.63, 3.8) is 0 Å². The van der Waals surface area contributed by atoms with Gasteiger partial charge < -0.3 is 10.4 Å². The second kappa shape index (κ2) is 10.8. The molecule has 0 aliphatic heterocycles. The fourth-order valence-electron chi connectivity index (χ4n) is 4.31. The number of anilines is 1. The summed E-state index contributed by atoms with van der Waals surface area (Å²) in [7, 11) is 0. The fraction of sp³-hybridized carbons (Fsp3) is 0.320. The fourth-order valence-corrected chi connectivity index (χ4v) is 5.29. The van der Waals surface area contributed by atoms with Crippen molar-refractivity contribution in [1.29, 1.82) is 0 Å². The lowest BCUT2D eigenvalue weighted by Crippen LogP contribution is -2.47. The molecule has 0 bridgehead atoms. The molecule has 1 atom stereocenters. The van der Waals surface area contributed by atoms with Crippen molar-refractivity contribution in [2.24, 2.45) is 0 Å². The van der Waals surface area contributed by atoms with Crippen LogP contribution in [0.5, 0.6) is 5.75 Å². The molecule has 178 valence electrons. The number of para-hydroxylation sites is 1. The molecule has 1 unspecified atom stereocenters. The molecule has 2 aromatic carbocycles. The third kappa shape index (κ3) is 5.22. The van der Waals surface area contributed by atoms with E-state index in [-0.39, 0.29) is 32.8 Å². The number of carbonyl (C=O) groups excluding carboxylic acids is 2. The third-order valence-electron chi connectivity index (χ3n) is 6.06. The smallest absolute Gasteiger partial charge is 0.280 e. The maximum atomic E-state index is 13.9. The number of aromatic nitrogens is 1. The van der Waals surface area contributed by atoms with Gasteiger partial charge in [-0.25, -0.2) is 0 Å². The van der Waals surface area contributed by atoms with E-state index in [4.69, 9.17) is 23.2 Å². The molecule has 1 aliphatic rings. The number of phenolic OH excluding ortho intramolecular Hbond substituents is 1. The predicted octanol–water partition coefficient (Wildman–Crippen LogP) is 6.30. The van der Waals surface area contributed by atoms with Gasteiger partial charge in [0.2, 0.25) is 5.91 Å². The summed E-state index contributed by atoms with van der Waals surface area (Å²) in [5, 5.41) is 13.1. The number of nitrogens with zero attached hydrogens (tertiary/aromatic N) is 2. The van der Waals surface area contributed by atoms with Crippen molar-refractivity contribution in [3.8, 4) is 5.75 Å². The largest absolute Gasteiger partial charge is 0.508 e. The van der Waals surface area contributed by atoms with E-state index in [0.717, 1.165) is 49.2 Å². The van der Waals surface area contributed by atoms with Gasteiger partial charge in [-0.05, 0) is 60.6 Å². The number of rotatable bonds is 6. The Bertz CT molecular complexity index is 1180. The van der Waals surface area contributed by atoms with Gasteiger partial charge in [0.05, 0.1) is 0 Å². The second-order valence-corrected chi connectivity index (χ2v) is 10.2. The molecule has 0 saturated heterocycles. The average Bonchev–Trinajstić information content (AvgIpc) is 3.17. The third-order valence-corrected chi connectivity index (χ3v) is 7.67. The van der Waals surface area contributed by atoms with Gasteiger partial charge in [-0.1, -0.05) is 72.8 Å². The molecule has 4 rings (SSSR count). The van der Waals surface area contributed by atoms with Crippen LogP contribution >= 0.6 is 34.7 Å². The van der Waals surface area contributed by atoms with E-state index in [1.165, 1.54) is 17.0 Å². The van der Waals surface area contributed by atoms with Crippen LogP contribution in [0.1, 0.15) is 59.8 Å². The number of aryl methyl sites for hydroxylation is 1. The molecule has 1 heterocycles. The van der Waals surface area contributed by atoms with Crippen molar-refractivity contribution in [2.45, 2.75) is 51.1 Å². The van der Waals surface area contributed by atoms with Crippen molar-refractivity contribution in [1.82, 2.24) is 9.69 Å². The lowest BCUT2D eigenvalue weighted by atomic mass is 9.94. The molecule has 6 nitrogen and oxygen atoms in total. The van der Waals surface area contributed by atoms with Gasteiger partial charge in [-0.15, -0.1) is 0 Å². The number of benzene rings is 2. The zero-order valence-corrected chi connectivity index (χ0v) is 21.0. The minimum atomic E-state index is -1.01. The Morgan fingerprint density at radius 3 is 2.38 bits per heavy atom. The van der Waals surface area contributed by atoms with Crippen LogP contribution in [-0.2, 0) is 4.79 Å². The molecule has 1 fully saturated rings. The summed E-state index contributed by atoms with van der Waals surface area (Å²) in [6.45, 7) is 1.87. The first-order chi connectivity index (χ1) is 16.4. The highest BCUT2D eigenvalue weighted by Gasteiger charge is 2.37. The molecule has 0 radical (unpaired) electrons. The maximum Gasteiger partial charge on any atom is 0.280 e. The number of hydrogen-bond donors (Lipinski definition) is 2. The highest BCUT2D eigenvalue weighted by atomic mass is 35.5. The molecule has 2 N–H and O–H groups in total. The van der Waals surface area contributed by atoms with E-state index in [0.29, 0.717) is 11.3 Å². The first kappa shape index (κ1) is 24.5. The van der Waals surface area contributed by atoms with Gasteiger partial charge in [-0.3, -0.25) is 14.5 Å². The van der Waals surface area contributed by atoms with Gasteiger partial charge in [0, 0.05) is 11.7 Å². The number of nitrogens with one attached hydrogen (secondary N) is 1. The number of carbonyl (C=O) groups is 2. The molecular formula is C25H25Cl2N3O3S. The summed E-state index contributed by atoms with van der Waals surface area (Å²) >= 11 is 13.3. The zero-order chi connectivity index (χ0) is 24.2. The highest BCUT2D eigenvalue weighted by molar-refractivity contribution is 7.11. The molecule has 1 aromatic heterocycles. The number of phenols is 1. The van der Waals surface area contributed by atoms with Crippen LogP contribution in [0.15, 0.2) is 48.5 Å². The molecule has 1 saturated carbocycles. The standard InChI is InChI=1S/C25H25Cl2N3O3S/c1-15-7-5-6-10-19(15)30(25(33)21-20(26)23(27)34-29-21)22(16-11-13-18(31)14-12-16)24(32)28-17-8-3-2-4-9-17/h5-7,10-14,17,22,31H,2-4,8-9H2,1H3,(H,28,32). The van der Waals surface area contributed by atoms with Crippen LogP contribution < -0.4 is 10.2 Å². The Morgan fingerprint density at radius 1 is 1.09 bits per heavy atom. The average molecular weight is 518 g/mol. The van der Waals surface area contributed by atoms with Crippen molar-refractivity contribution >= 4 is 52.2 Å². The van der Waals surface area contributed by atoms with Crippen molar-refractivity contribution in [2.75, 3.05) is 4.90 Å². The maximum absolute atomic E-state index is 13.9. The Morgan fingerprint density at radius 2 is 1.76 bits per heavy atom. The normalized spacial score (nSPS) is 15.0. The second-order valence-electron chi connectivity index (χ2n) is 8.42. The van der Waals surface area contributed by atoms with Gasteiger partial charge in [-0.2, -0.15) is 4.37 Å². The first-order valence-electron chi connectivity index (χ1n) is 11.2. The van der Waals surface area contributed by atoms with Crippen LogP contribution in [0.4, 0.5) is 5.69 Å². The zero-order valence-electron chi connectivity index (χ0n) is 18.6. The lowest BCUT2D eigenvalue weighted by molar-refractivity contribution is -0.123. The Hall–Kier alpha value is -2.61. The SMILES string of the molecule is Cc1ccccc1N(C(=O)c1nsc(Cl)c1Cl)C(C(=O)NC1CCCCC1)c1ccc(O)cc1. The van der Waals surface area contributed by atoms with Gasteiger partial charge in [0.1, 0.15) is 21.2 Å². The molecule has 9 heteroatoms. The van der Waals surface area contributed by atoms with E-state index >= 15 is 0 Å². The van der Waals surface area contributed by atoms with Crippen molar-refractivity contribution in [3.05, 3.63) is 74.7 Å². The number of hydrogen-bond acceptors (Lipinski definition) is 5. The molecule has 34 heavy (non-hydrogen) atoms. The summed E-state index contributed by atoms with van der Waals surface area (Å²) in [4.78, 5) is 29.1. The van der Waals surface area contributed by atoms with Gasteiger partial charge in [0.25, 0.3) is 5.91 Å². The number of amides is 2. The summed E-state index contributed by atoms with van der Waals surface area (Å²) < 4.78 is 4.38. The van der Waals surface area contributed by atoms with Crippen LogP contribution in [-0.4, -0.2) is 27.3 Å². The van der Waals surface area contributed by atoms with Gasteiger partial charge >= 0.3 is 0 Å². The quantitative estimate of drug-likeness (QED) is 0.401. The van der Waals surface area contributed by atoms with Crippen LogP contribution in [0.3, 0.4) is 0 Å². The molecular weight excluding hydrogens is 493 g/mol. The Balaban J connectivity index is 1.83. The van der Waals surface area contributed by atoms with Crippen molar-refractivity contribution < 1.29 is 14.7 Å². The Labute approximate surface area is 212 Å². The summed E-state index contributed by atoms with van der Waals surface area (Å²) in [6, 6.07) is 12.7. The lowest BCUT2D eigenvalue weighted by Gasteiger charge is -2.34. The molecule has 0 spiro atoms.